The summed E-state index contributed by atoms with van der Waals surface area (Å²) in [7, 11) is 0. The third-order valence-electron chi connectivity index (χ3n) is 3.56. The quantitative estimate of drug-likeness (QED) is 0.713. The van der Waals surface area contributed by atoms with Crippen LogP contribution in [-0.4, -0.2) is 4.98 Å². The third-order valence-corrected chi connectivity index (χ3v) is 3.56. The van der Waals surface area contributed by atoms with E-state index in [4.69, 9.17) is 0 Å². The molecule has 0 aromatic carbocycles. The van der Waals surface area contributed by atoms with Gasteiger partial charge < -0.3 is 4.98 Å². The number of hydrogen-bond donors (Lipinski definition) is 1. The van der Waals surface area contributed by atoms with E-state index < -0.39 is 0 Å². The predicted molar refractivity (Wildman–Crippen MR) is 68.8 cm³/mol. The fourth-order valence-corrected chi connectivity index (χ4v) is 2.46. The minimum Gasteiger partial charge on any atom is -0.368 e. The molecule has 86 valence electrons. The predicted octanol–water partition coefficient (Wildman–Crippen LogP) is 4.43. The second-order valence-corrected chi connectivity index (χ2v) is 4.87. The summed E-state index contributed by atoms with van der Waals surface area (Å²) in [6.07, 6.45) is 9.44. The molecule has 1 aliphatic rings. The molecule has 1 aromatic rings. The number of hydrogen-bond acceptors (Lipinski definition) is 0. The molecule has 0 unspecified atom stereocenters. The molecule has 1 nitrogen and oxygen atoms in total. The van der Waals surface area contributed by atoms with Crippen LogP contribution in [0.1, 0.15) is 44.1 Å². The van der Waals surface area contributed by atoms with Crippen molar-refractivity contribution in [1.82, 2.24) is 4.98 Å². The van der Waals surface area contributed by atoms with Gasteiger partial charge in [0.2, 0.25) is 0 Å². The lowest BCUT2D eigenvalue weighted by atomic mass is 9.80. The molecule has 0 radical (unpaired) electrons. The van der Waals surface area contributed by atoms with Gasteiger partial charge in [-0.3, -0.25) is 0 Å². The van der Waals surface area contributed by atoms with E-state index in [1.165, 1.54) is 31.2 Å². The molecular formula is C15H21N. The molecule has 0 spiro atoms. The molecule has 1 heterocycles. The molecule has 16 heavy (non-hydrogen) atoms. The van der Waals surface area contributed by atoms with Crippen LogP contribution >= 0.6 is 0 Å². The first-order valence-electron chi connectivity index (χ1n) is 6.32. The minimum absolute atomic E-state index is 0.761. The molecule has 1 heteroatoms. The molecule has 0 atom stereocenters. The average molecular weight is 215 g/mol. The lowest BCUT2D eigenvalue weighted by Crippen LogP contribution is -2.10. The van der Waals surface area contributed by atoms with Crippen LogP contribution in [0, 0.1) is 5.92 Å². The van der Waals surface area contributed by atoms with E-state index >= 15 is 0 Å². The molecule has 0 amide bonds. The Kier molecular flexibility index (Phi) is 4.03. The first-order chi connectivity index (χ1) is 7.86. The Morgan fingerprint density at radius 2 is 1.75 bits per heavy atom. The van der Waals surface area contributed by atoms with E-state index in [0.717, 1.165) is 11.8 Å². The molecule has 2 rings (SSSR count). The largest absolute Gasteiger partial charge is 0.368 e. The smallest absolute Gasteiger partial charge is 0.000727 e. The zero-order valence-electron chi connectivity index (χ0n) is 10.0. The van der Waals surface area contributed by atoms with E-state index in [1.807, 2.05) is 18.5 Å². The Labute approximate surface area is 98.2 Å². The molecule has 1 saturated carbocycles. The number of H-pyrrole nitrogens is 1. The Balaban J connectivity index is 2.18. The fraction of sp³-hybridized carbons (Fsp3) is 0.467. The van der Waals surface area contributed by atoms with Crippen LogP contribution in [0.2, 0.25) is 0 Å². The maximum Gasteiger partial charge on any atom is 0.000727 e. The summed E-state index contributed by atoms with van der Waals surface area (Å²) in [5.74, 6) is 1.68. The Bertz CT molecular complexity index is 333. The summed E-state index contributed by atoms with van der Waals surface area (Å²) in [4.78, 5) is 3.15. The van der Waals surface area contributed by atoms with Crippen molar-refractivity contribution < 1.29 is 0 Å². The molecule has 0 saturated heterocycles. The Hall–Kier alpha value is -1.24. The maximum absolute atomic E-state index is 3.15. The van der Waals surface area contributed by atoms with Crippen molar-refractivity contribution >= 4 is 0 Å². The van der Waals surface area contributed by atoms with Gasteiger partial charge in [-0.1, -0.05) is 38.0 Å². The first-order valence-corrected chi connectivity index (χ1v) is 6.32. The standard InChI is InChI=1S/C15H21N/c1-13-6-8-15(9-7-13)14-5-3-2-4-11-16-12-10-14/h2-5,10-13,15-16H,6-9H2,1H3. The molecule has 1 fully saturated rings. The lowest BCUT2D eigenvalue weighted by Gasteiger charge is -2.26. The van der Waals surface area contributed by atoms with Crippen molar-refractivity contribution in [2.75, 3.05) is 0 Å². The highest BCUT2D eigenvalue weighted by molar-refractivity contribution is 5.16. The van der Waals surface area contributed by atoms with Crippen LogP contribution in [-0.2, 0) is 0 Å². The molecule has 0 bridgehead atoms. The van der Waals surface area contributed by atoms with Crippen LogP contribution < -0.4 is 0 Å². The number of aromatic nitrogens is 1. The van der Waals surface area contributed by atoms with Gasteiger partial charge in [0.05, 0.1) is 0 Å². The number of aromatic amines is 1. The molecule has 0 aliphatic heterocycles. The second-order valence-electron chi connectivity index (χ2n) is 4.87. The highest BCUT2D eigenvalue weighted by atomic mass is 14.6. The molecular weight excluding hydrogens is 194 g/mol. The van der Waals surface area contributed by atoms with E-state index in [1.54, 1.807) is 0 Å². The second kappa shape index (κ2) is 5.74. The SMILES string of the molecule is CC1CCC(c2ccccc[nH]cc2)CC1. The van der Waals surface area contributed by atoms with Gasteiger partial charge in [0.25, 0.3) is 0 Å². The van der Waals surface area contributed by atoms with Gasteiger partial charge in [0, 0.05) is 12.4 Å². The third kappa shape index (κ3) is 3.13. The van der Waals surface area contributed by atoms with Crippen LogP contribution in [0.5, 0.6) is 0 Å². The highest BCUT2D eigenvalue weighted by Crippen LogP contribution is 2.34. The van der Waals surface area contributed by atoms with Crippen molar-refractivity contribution in [3.05, 3.63) is 48.3 Å². The fourth-order valence-electron chi connectivity index (χ4n) is 2.46. The van der Waals surface area contributed by atoms with Gasteiger partial charge in [-0.05, 0) is 42.4 Å². The van der Waals surface area contributed by atoms with Crippen molar-refractivity contribution in [1.29, 1.82) is 0 Å². The zero-order chi connectivity index (χ0) is 11.2. The van der Waals surface area contributed by atoms with Gasteiger partial charge in [-0.25, -0.2) is 0 Å². The Morgan fingerprint density at radius 1 is 0.938 bits per heavy atom. The summed E-state index contributed by atoms with van der Waals surface area (Å²) >= 11 is 0. The minimum atomic E-state index is 0.761. The Morgan fingerprint density at radius 3 is 2.56 bits per heavy atom. The van der Waals surface area contributed by atoms with Crippen molar-refractivity contribution in [3.8, 4) is 0 Å². The van der Waals surface area contributed by atoms with Crippen LogP contribution in [0.15, 0.2) is 42.7 Å². The maximum atomic E-state index is 3.15. The van der Waals surface area contributed by atoms with Gasteiger partial charge in [-0.15, -0.1) is 0 Å². The summed E-state index contributed by atoms with van der Waals surface area (Å²) in [6, 6.07) is 10.7. The molecule has 1 aliphatic carbocycles. The van der Waals surface area contributed by atoms with Gasteiger partial charge in [-0.2, -0.15) is 0 Å². The highest BCUT2D eigenvalue weighted by Gasteiger charge is 2.18. The number of rotatable bonds is 1. The van der Waals surface area contributed by atoms with Crippen LogP contribution in [0.4, 0.5) is 0 Å². The first kappa shape index (κ1) is 11.3. The normalized spacial score (nSPS) is 24.8. The average Bonchev–Trinajstić information content (AvgIpc) is 2.43. The molecule has 1 N–H and O–H groups in total. The summed E-state index contributed by atoms with van der Waals surface area (Å²) in [5, 5.41) is 0. The van der Waals surface area contributed by atoms with E-state index in [0.29, 0.717) is 0 Å². The summed E-state index contributed by atoms with van der Waals surface area (Å²) in [6.45, 7) is 2.37. The summed E-state index contributed by atoms with van der Waals surface area (Å²) in [5.41, 5.74) is 1.47. The zero-order valence-corrected chi connectivity index (χ0v) is 10.0. The van der Waals surface area contributed by atoms with Crippen LogP contribution in [0.25, 0.3) is 0 Å². The van der Waals surface area contributed by atoms with Crippen LogP contribution in [0.3, 0.4) is 0 Å². The van der Waals surface area contributed by atoms with Gasteiger partial charge >= 0.3 is 0 Å². The van der Waals surface area contributed by atoms with Crippen molar-refractivity contribution in [2.45, 2.75) is 38.5 Å². The van der Waals surface area contributed by atoms with E-state index in [9.17, 15) is 0 Å². The van der Waals surface area contributed by atoms with Gasteiger partial charge in [0.15, 0.2) is 0 Å². The van der Waals surface area contributed by atoms with E-state index in [2.05, 4.69) is 36.2 Å². The number of nitrogens with one attached hydrogen (secondary N) is 1. The topological polar surface area (TPSA) is 15.8 Å². The lowest BCUT2D eigenvalue weighted by molar-refractivity contribution is 0.348. The summed E-state index contributed by atoms with van der Waals surface area (Å²) < 4.78 is 0. The van der Waals surface area contributed by atoms with Gasteiger partial charge in [0.1, 0.15) is 0 Å². The molecule has 1 aromatic heterocycles. The van der Waals surface area contributed by atoms with Crippen molar-refractivity contribution in [2.24, 2.45) is 5.92 Å². The van der Waals surface area contributed by atoms with Crippen molar-refractivity contribution in [3.63, 3.8) is 0 Å². The van der Waals surface area contributed by atoms with E-state index in [-0.39, 0.29) is 0 Å². The monoisotopic (exact) mass is 215 g/mol.